The van der Waals surface area contributed by atoms with E-state index >= 15 is 0 Å². The fourth-order valence-electron chi connectivity index (χ4n) is 1.70. The van der Waals surface area contributed by atoms with Gasteiger partial charge in [-0.3, -0.25) is 0 Å². The maximum Gasteiger partial charge on any atom is 4.00 e. The molecule has 3 rings (SSSR count). The summed E-state index contributed by atoms with van der Waals surface area (Å²) in [6, 6.07) is 10.2. The topological polar surface area (TPSA) is 0 Å². The van der Waals surface area contributed by atoms with Gasteiger partial charge in [-0.1, -0.05) is 35.9 Å². The maximum absolute atomic E-state index is 3.22. The molecule has 0 N–H and O–H groups in total. The summed E-state index contributed by atoms with van der Waals surface area (Å²) >= 11 is 0. The third-order valence-corrected chi connectivity index (χ3v) is 2.73. The van der Waals surface area contributed by atoms with Crippen molar-refractivity contribution in [1.29, 1.82) is 0 Å². The van der Waals surface area contributed by atoms with Gasteiger partial charge in [-0.05, 0) is 0 Å². The van der Waals surface area contributed by atoms with Gasteiger partial charge in [0, 0.05) is 0 Å². The van der Waals surface area contributed by atoms with E-state index in [9.17, 15) is 0 Å². The molecule has 1 aromatic rings. The van der Waals surface area contributed by atoms with Crippen LogP contribution in [-0.4, -0.2) is 0 Å². The Labute approximate surface area is 163 Å². The molecule has 0 aromatic heterocycles. The van der Waals surface area contributed by atoms with E-state index in [4.69, 9.17) is 0 Å². The maximum atomic E-state index is 3.22. The molecule has 0 bridgehead atoms. The zero-order chi connectivity index (χ0) is 15.3. The van der Waals surface area contributed by atoms with E-state index in [0.717, 1.165) is 5.57 Å². The van der Waals surface area contributed by atoms with E-state index in [1.165, 1.54) is 5.56 Å². The first-order valence-corrected chi connectivity index (χ1v) is 7.05. The first-order chi connectivity index (χ1) is 11.0. The fraction of sp³-hybridized carbons (Fsp3) is 0. The minimum atomic E-state index is 0. The van der Waals surface area contributed by atoms with Crippen molar-refractivity contribution in [3.8, 4) is 0 Å². The molecule has 0 fully saturated rings. The second-order valence-corrected chi connectivity index (χ2v) is 4.33. The summed E-state index contributed by atoms with van der Waals surface area (Å²) in [5.41, 5.74) is 2.26. The second kappa shape index (κ2) is 12.7. The largest absolute Gasteiger partial charge is 4.00 e. The van der Waals surface area contributed by atoms with Crippen molar-refractivity contribution in [3.63, 3.8) is 0 Å². The van der Waals surface area contributed by atoms with Crippen LogP contribution < -0.4 is 0 Å². The molecule has 2 aliphatic carbocycles. The van der Waals surface area contributed by atoms with Crippen molar-refractivity contribution >= 4 is 5.57 Å². The first-order valence-electron chi connectivity index (χ1n) is 7.05. The van der Waals surface area contributed by atoms with Gasteiger partial charge in [0.1, 0.15) is 0 Å². The predicted octanol–water partition coefficient (Wildman–Crippen LogP) is 5.19. The quantitative estimate of drug-likeness (QED) is 0.449. The van der Waals surface area contributed by atoms with Crippen molar-refractivity contribution in [2.45, 2.75) is 0 Å². The third-order valence-electron chi connectivity index (χ3n) is 2.73. The zero-order valence-corrected chi connectivity index (χ0v) is 16.9. The molecule has 1 aromatic carbocycles. The zero-order valence-electron chi connectivity index (χ0n) is 12.7. The van der Waals surface area contributed by atoms with E-state index in [2.05, 4.69) is 36.4 Å². The van der Waals surface area contributed by atoms with Gasteiger partial charge in [-0.15, -0.1) is 29.9 Å². The summed E-state index contributed by atoms with van der Waals surface area (Å²) in [6.07, 6.45) is 32.9. The molecule has 2 aliphatic rings. The number of hydrogen-bond donors (Lipinski definition) is 0. The van der Waals surface area contributed by atoms with Crippen LogP contribution in [0.2, 0.25) is 0 Å². The van der Waals surface area contributed by atoms with Crippen molar-refractivity contribution in [3.05, 3.63) is 127 Å². The molecule has 0 amide bonds. The second-order valence-electron chi connectivity index (χ2n) is 4.33. The summed E-state index contributed by atoms with van der Waals surface area (Å²) < 4.78 is 0. The van der Waals surface area contributed by atoms with Crippen LogP contribution in [0.3, 0.4) is 0 Å². The fourth-order valence-corrected chi connectivity index (χ4v) is 1.70. The number of benzene rings is 1. The Balaban J connectivity index is 0.000000253. The van der Waals surface area contributed by atoms with Crippen LogP contribution in [0.5, 0.6) is 0 Å². The van der Waals surface area contributed by atoms with E-state index in [0.29, 0.717) is 0 Å². The van der Waals surface area contributed by atoms with E-state index in [-0.39, 0.29) is 31.1 Å². The van der Waals surface area contributed by atoms with Gasteiger partial charge in [-0.2, -0.15) is 66.8 Å². The van der Waals surface area contributed by atoms with E-state index in [1.807, 2.05) is 85.0 Å². The van der Waals surface area contributed by atoms with E-state index < -0.39 is 0 Å². The van der Waals surface area contributed by atoms with Gasteiger partial charge in [0.15, 0.2) is 0 Å². The molecule has 0 spiro atoms. The van der Waals surface area contributed by atoms with Gasteiger partial charge in [0.25, 0.3) is 0 Å². The molecule has 0 radical (unpaired) electrons. The summed E-state index contributed by atoms with van der Waals surface area (Å²) in [6.45, 7) is 0. The van der Waals surface area contributed by atoms with Crippen LogP contribution in [-0.2, 0) is 0 Å². The average Bonchev–Trinajstić information content (AvgIpc) is 2.48. The Morgan fingerprint density at radius 3 is 1.83 bits per heavy atom. The monoisotopic (exact) mass is 518 g/mol. The summed E-state index contributed by atoms with van der Waals surface area (Å²) in [5, 5.41) is 0. The normalized spacial score (nSPS) is 26.5. The Morgan fingerprint density at radius 2 is 1.17 bits per heavy atom. The van der Waals surface area contributed by atoms with Crippen LogP contribution in [0.1, 0.15) is 5.56 Å². The van der Waals surface area contributed by atoms with Gasteiger partial charge in [-0.25, -0.2) is 0 Å². The summed E-state index contributed by atoms with van der Waals surface area (Å²) in [5.74, 6) is 0. The summed E-state index contributed by atoms with van der Waals surface area (Å²) in [7, 11) is 0. The van der Waals surface area contributed by atoms with Crippen molar-refractivity contribution < 1.29 is 31.1 Å². The Bertz CT molecular complexity index is 622. The molecule has 1 heteroatoms. The Kier molecular flexibility index (Phi) is 10.6. The van der Waals surface area contributed by atoms with Crippen LogP contribution in [0, 0.1) is 55.4 Å². The molecule has 0 aliphatic heterocycles. The molecular formula is C22H16U. The van der Waals surface area contributed by atoms with E-state index in [1.54, 1.807) is 0 Å². The smallest absolute Gasteiger partial charge is 0.184 e. The molecule has 0 heterocycles. The average molecular weight is 518 g/mol. The molecule has 0 nitrogen and oxygen atoms in total. The SMILES string of the molecule is [C-]1=C\C=C/[C-]=C(c2ccccc2)\C=C/1.[C-]1=C\C=C/[C-]=C\C=C/1.[U+4]. The van der Waals surface area contributed by atoms with Gasteiger partial charge in [0.05, 0.1) is 0 Å². The van der Waals surface area contributed by atoms with Crippen LogP contribution in [0.15, 0.2) is 97.2 Å². The number of hydrogen-bond acceptors (Lipinski definition) is 0. The Hall–Kier alpha value is -1.81. The minimum Gasteiger partial charge on any atom is -0.184 e. The molecule has 108 valence electrons. The van der Waals surface area contributed by atoms with Gasteiger partial charge < -0.3 is 0 Å². The van der Waals surface area contributed by atoms with Crippen LogP contribution >= 0.6 is 0 Å². The minimum absolute atomic E-state index is 0. The summed E-state index contributed by atoms with van der Waals surface area (Å²) in [4.78, 5) is 0. The third kappa shape index (κ3) is 8.41. The molecular weight excluding hydrogens is 502 g/mol. The Morgan fingerprint density at radius 1 is 0.609 bits per heavy atom. The van der Waals surface area contributed by atoms with Crippen molar-refractivity contribution in [2.24, 2.45) is 0 Å². The molecule has 0 saturated heterocycles. The van der Waals surface area contributed by atoms with Crippen LogP contribution in [0.4, 0.5) is 0 Å². The standard InChI is InChI=1S/C14H10.C8H6.U/c1-2-5-9-13(10-6-3-1)14-11-7-4-8-12-14;1-2-4-6-8-7-5-3-1;/h1-2,4-8,10-12H;1-3,6-8H;/q2*-2;+4/b2-1?,5-2-,10-6-,13-10?;2-1-,3-1?,8-6?,8-7-;. The van der Waals surface area contributed by atoms with Crippen molar-refractivity contribution in [2.75, 3.05) is 0 Å². The number of rotatable bonds is 1. The molecule has 23 heavy (non-hydrogen) atoms. The van der Waals surface area contributed by atoms with Gasteiger partial charge >= 0.3 is 31.1 Å². The van der Waals surface area contributed by atoms with Crippen molar-refractivity contribution in [1.82, 2.24) is 0 Å². The molecule has 0 saturated carbocycles. The van der Waals surface area contributed by atoms with Gasteiger partial charge in [0.2, 0.25) is 0 Å². The predicted molar refractivity (Wildman–Crippen MR) is 93.1 cm³/mol. The molecule has 0 unspecified atom stereocenters. The number of allylic oxidation sites excluding steroid dienone is 16. The van der Waals surface area contributed by atoms with Crippen LogP contribution in [0.25, 0.3) is 5.57 Å². The first kappa shape index (κ1) is 19.2. The molecule has 0 atom stereocenters.